The van der Waals surface area contributed by atoms with Gasteiger partial charge in [-0.25, -0.2) is 4.39 Å². The average molecular weight is 178 g/mol. The smallest absolute Gasteiger partial charge is 0.173 e. The molecule has 0 saturated carbocycles. The SMILES string of the molecule is O=CC1Cc2ccc(F)cc2C1=O. The van der Waals surface area contributed by atoms with Gasteiger partial charge < -0.3 is 4.79 Å². The molecule has 0 heterocycles. The van der Waals surface area contributed by atoms with Crippen molar-refractivity contribution < 1.29 is 14.0 Å². The van der Waals surface area contributed by atoms with Crippen LogP contribution in [0.4, 0.5) is 4.39 Å². The van der Waals surface area contributed by atoms with Crippen molar-refractivity contribution >= 4 is 12.1 Å². The van der Waals surface area contributed by atoms with E-state index in [4.69, 9.17) is 0 Å². The first-order chi connectivity index (χ1) is 6.22. The Morgan fingerprint density at radius 2 is 2.23 bits per heavy atom. The molecule has 0 spiro atoms. The molecule has 0 bridgehead atoms. The minimum absolute atomic E-state index is 0.260. The molecule has 2 nitrogen and oxygen atoms in total. The number of halogens is 1. The van der Waals surface area contributed by atoms with E-state index in [1.165, 1.54) is 12.1 Å². The van der Waals surface area contributed by atoms with E-state index in [2.05, 4.69) is 0 Å². The van der Waals surface area contributed by atoms with Crippen molar-refractivity contribution in [1.29, 1.82) is 0 Å². The van der Waals surface area contributed by atoms with Gasteiger partial charge in [0.1, 0.15) is 12.1 Å². The third kappa shape index (κ3) is 1.16. The lowest BCUT2D eigenvalue weighted by Crippen LogP contribution is -2.09. The normalized spacial score (nSPS) is 20.1. The summed E-state index contributed by atoms with van der Waals surface area (Å²) < 4.78 is 12.7. The van der Waals surface area contributed by atoms with E-state index < -0.39 is 11.7 Å². The van der Waals surface area contributed by atoms with Crippen LogP contribution < -0.4 is 0 Å². The molecule has 0 radical (unpaired) electrons. The van der Waals surface area contributed by atoms with E-state index in [1.54, 1.807) is 6.07 Å². The van der Waals surface area contributed by atoms with Crippen LogP contribution in [0.25, 0.3) is 0 Å². The molecule has 66 valence electrons. The number of fused-ring (bicyclic) bond motifs is 1. The first-order valence-corrected chi connectivity index (χ1v) is 4.00. The van der Waals surface area contributed by atoms with E-state index in [9.17, 15) is 14.0 Å². The summed E-state index contributed by atoms with van der Waals surface area (Å²) in [6.45, 7) is 0. The van der Waals surface area contributed by atoms with Crippen LogP contribution >= 0.6 is 0 Å². The van der Waals surface area contributed by atoms with Gasteiger partial charge in [-0.3, -0.25) is 4.79 Å². The minimum atomic E-state index is -0.600. The molecule has 0 N–H and O–H groups in total. The topological polar surface area (TPSA) is 34.1 Å². The maximum atomic E-state index is 12.7. The molecule has 2 rings (SSSR count). The lowest BCUT2D eigenvalue weighted by molar-refractivity contribution is -0.109. The zero-order chi connectivity index (χ0) is 9.42. The number of Topliss-reactive ketones (excluding diaryl/α,β-unsaturated/α-hetero) is 1. The number of carbonyl (C=O) groups excluding carboxylic acids is 2. The largest absolute Gasteiger partial charge is 0.303 e. The highest BCUT2D eigenvalue weighted by Crippen LogP contribution is 2.25. The van der Waals surface area contributed by atoms with Crippen LogP contribution in [0.2, 0.25) is 0 Å². The number of hydrogen-bond donors (Lipinski definition) is 0. The van der Waals surface area contributed by atoms with Crippen molar-refractivity contribution in [3.63, 3.8) is 0 Å². The lowest BCUT2D eigenvalue weighted by atomic mass is 10.1. The van der Waals surface area contributed by atoms with Crippen LogP contribution in [0.5, 0.6) is 0 Å². The molecule has 1 aromatic carbocycles. The number of aldehydes is 1. The van der Waals surface area contributed by atoms with Gasteiger partial charge in [0.25, 0.3) is 0 Å². The Morgan fingerprint density at radius 3 is 2.92 bits per heavy atom. The Hall–Kier alpha value is -1.51. The van der Waals surface area contributed by atoms with Gasteiger partial charge >= 0.3 is 0 Å². The molecule has 0 aromatic heterocycles. The Bertz CT molecular complexity index is 385. The van der Waals surface area contributed by atoms with Gasteiger partial charge in [0.2, 0.25) is 0 Å². The van der Waals surface area contributed by atoms with Crippen molar-refractivity contribution in [1.82, 2.24) is 0 Å². The second-order valence-corrected chi connectivity index (χ2v) is 3.11. The van der Waals surface area contributed by atoms with Crippen LogP contribution in [0, 0.1) is 11.7 Å². The van der Waals surface area contributed by atoms with Crippen molar-refractivity contribution in [2.75, 3.05) is 0 Å². The van der Waals surface area contributed by atoms with Crippen LogP contribution in [-0.2, 0) is 11.2 Å². The van der Waals surface area contributed by atoms with E-state index in [-0.39, 0.29) is 5.78 Å². The van der Waals surface area contributed by atoms with Crippen molar-refractivity contribution in [2.24, 2.45) is 5.92 Å². The molecule has 13 heavy (non-hydrogen) atoms. The number of rotatable bonds is 1. The monoisotopic (exact) mass is 178 g/mol. The number of benzene rings is 1. The Kier molecular flexibility index (Phi) is 1.72. The van der Waals surface area contributed by atoms with Crippen LogP contribution in [0.15, 0.2) is 18.2 Å². The van der Waals surface area contributed by atoms with Crippen LogP contribution in [0.3, 0.4) is 0 Å². The third-order valence-corrected chi connectivity index (χ3v) is 2.28. The van der Waals surface area contributed by atoms with E-state index in [1.807, 2.05) is 0 Å². The maximum absolute atomic E-state index is 12.7. The maximum Gasteiger partial charge on any atom is 0.173 e. The van der Waals surface area contributed by atoms with Crippen LogP contribution in [-0.4, -0.2) is 12.1 Å². The predicted octanol–water partition coefficient (Wildman–Crippen LogP) is 1.38. The molecular formula is C10H7FO2. The highest BCUT2D eigenvalue weighted by molar-refractivity contribution is 6.09. The summed E-state index contributed by atoms with van der Waals surface area (Å²) in [5, 5.41) is 0. The highest BCUT2D eigenvalue weighted by Gasteiger charge is 2.30. The molecule has 1 atom stereocenters. The Labute approximate surface area is 74.4 Å². The summed E-state index contributed by atoms with van der Waals surface area (Å²) in [6.07, 6.45) is 1.04. The zero-order valence-corrected chi connectivity index (χ0v) is 6.79. The Balaban J connectivity index is 2.50. The summed E-state index contributed by atoms with van der Waals surface area (Å²) in [7, 11) is 0. The first kappa shape index (κ1) is 8.10. The van der Waals surface area contributed by atoms with Crippen molar-refractivity contribution in [3.05, 3.63) is 35.1 Å². The van der Waals surface area contributed by atoms with Gasteiger partial charge in [0.15, 0.2) is 5.78 Å². The number of hydrogen-bond acceptors (Lipinski definition) is 2. The Morgan fingerprint density at radius 1 is 1.46 bits per heavy atom. The predicted molar refractivity (Wildman–Crippen MR) is 44.0 cm³/mol. The fraction of sp³-hybridized carbons (Fsp3) is 0.200. The van der Waals surface area contributed by atoms with Crippen molar-refractivity contribution in [2.45, 2.75) is 6.42 Å². The zero-order valence-electron chi connectivity index (χ0n) is 6.79. The molecule has 1 aliphatic carbocycles. The molecular weight excluding hydrogens is 171 g/mol. The van der Waals surface area contributed by atoms with Gasteiger partial charge in [0.05, 0.1) is 5.92 Å². The van der Waals surface area contributed by atoms with Crippen LogP contribution in [0.1, 0.15) is 15.9 Å². The molecule has 0 amide bonds. The molecule has 0 saturated heterocycles. The summed E-state index contributed by atoms with van der Waals surface area (Å²) in [6, 6.07) is 4.06. The molecule has 0 fully saturated rings. The van der Waals surface area contributed by atoms with Gasteiger partial charge in [0, 0.05) is 5.56 Å². The minimum Gasteiger partial charge on any atom is -0.303 e. The first-order valence-electron chi connectivity index (χ1n) is 4.00. The molecule has 1 unspecified atom stereocenters. The summed E-state index contributed by atoms with van der Waals surface area (Å²) >= 11 is 0. The fourth-order valence-corrected chi connectivity index (χ4v) is 1.60. The van der Waals surface area contributed by atoms with E-state index in [0.29, 0.717) is 18.3 Å². The number of carbonyl (C=O) groups is 2. The van der Waals surface area contributed by atoms with E-state index >= 15 is 0 Å². The highest BCUT2D eigenvalue weighted by atomic mass is 19.1. The molecule has 1 aromatic rings. The standard InChI is InChI=1S/C10H7FO2/c11-8-2-1-6-3-7(5-12)10(13)9(6)4-8/h1-2,4-5,7H,3H2. The fourth-order valence-electron chi connectivity index (χ4n) is 1.60. The van der Waals surface area contributed by atoms with Gasteiger partial charge in [-0.05, 0) is 24.1 Å². The number of ketones is 1. The molecule has 0 aliphatic heterocycles. The van der Waals surface area contributed by atoms with Gasteiger partial charge in [-0.1, -0.05) is 6.07 Å². The van der Waals surface area contributed by atoms with Gasteiger partial charge in [-0.15, -0.1) is 0 Å². The van der Waals surface area contributed by atoms with E-state index in [0.717, 1.165) is 5.56 Å². The second-order valence-electron chi connectivity index (χ2n) is 3.11. The van der Waals surface area contributed by atoms with Crippen molar-refractivity contribution in [3.8, 4) is 0 Å². The summed E-state index contributed by atoms with van der Waals surface area (Å²) in [5.41, 5.74) is 1.13. The lowest BCUT2D eigenvalue weighted by Gasteiger charge is -1.94. The quantitative estimate of drug-likeness (QED) is 0.481. The third-order valence-electron chi connectivity index (χ3n) is 2.28. The summed E-state index contributed by atoms with van der Waals surface area (Å²) in [5.74, 6) is -1.29. The second kappa shape index (κ2) is 2.76. The van der Waals surface area contributed by atoms with Gasteiger partial charge in [-0.2, -0.15) is 0 Å². The average Bonchev–Trinajstić information content (AvgIpc) is 2.44. The molecule has 3 heteroatoms. The summed E-state index contributed by atoms with van der Waals surface area (Å²) in [4.78, 5) is 21.8. The molecule has 1 aliphatic rings.